The first-order chi connectivity index (χ1) is 21.2. The van der Waals surface area contributed by atoms with Crippen LogP contribution in [0.2, 0.25) is 0 Å². The fraction of sp³-hybridized carbons (Fsp3) is 0.389. The number of carbonyl (C=O) groups excluding carboxylic acids is 1. The molecular formula is C36H44N4O4. The quantitative estimate of drug-likeness (QED) is 0.279. The van der Waals surface area contributed by atoms with Gasteiger partial charge in [-0.25, -0.2) is 4.79 Å². The van der Waals surface area contributed by atoms with Crippen molar-refractivity contribution in [2.75, 3.05) is 32.7 Å². The number of rotatable bonds is 10. The second-order valence-electron chi connectivity index (χ2n) is 12.2. The largest absolute Gasteiger partial charge is 0.508 e. The highest BCUT2D eigenvalue weighted by Crippen LogP contribution is 2.35. The summed E-state index contributed by atoms with van der Waals surface area (Å²) in [4.78, 5) is 31.7. The van der Waals surface area contributed by atoms with Crippen molar-refractivity contribution in [1.82, 2.24) is 20.0 Å². The number of piperidine rings is 1. The van der Waals surface area contributed by atoms with Gasteiger partial charge < -0.3 is 20.4 Å². The summed E-state index contributed by atoms with van der Waals surface area (Å²) in [6.07, 6.45) is 3.67. The second-order valence-corrected chi connectivity index (χ2v) is 12.2. The van der Waals surface area contributed by atoms with Crippen LogP contribution in [0, 0.1) is 0 Å². The zero-order chi connectivity index (χ0) is 31.2. The summed E-state index contributed by atoms with van der Waals surface area (Å²) in [6.45, 7) is 13.1. The topological polar surface area (TPSA) is 96.4 Å². The summed E-state index contributed by atoms with van der Waals surface area (Å²) >= 11 is 0. The van der Waals surface area contributed by atoms with Gasteiger partial charge in [0.15, 0.2) is 0 Å². The van der Waals surface area contributed by atoms with E-state index in [1.54, 1.807) is 18.2 Å². The van der Waals surface area contributed by atoms with E-state index >= 15 is 0 Å². The van der Waals surface area contributed by atoms with Crippen LogP contribution in [-0.2, 0) is 6.54 Å². The van der Waals surface area contributed by atoms with Crippen LogP contribution in [0.15, 0.2) is 85.5 Å². The Kier molecular flexibility index (Phi) is 10.1. The highest BCUT2D eigenvalue weighted by Gasteiger charge is 2.35. The molecule has 3 aromatic rings. The summed E-state index contributed by atoms with van der Waals surface area (Å²) in [7, 11) is 0. The maximum atomic E-state index is 13.7. The molecule has 0 radical (unpaired) electrons. The van der Waals surface area contributed by atoms with E-state index in [1.807, 2.05) is 53.4 Å². The number of benzene rings is 3. The summed E-state index contributed by atoms with van der Waals surface area (Å²) in [5.74, 6) is -0.644. The van der Waals surface area contributed by atoms with Gasteiger partial charge in [-0.2, -0.15) is 0 Å². The molecule has 0 saturated carbocycles. The first-order valence-electron chi connectivity index (χ1n) is 15.6. The van der Waals surface area contributed by atoms with Crippen molar-refractivity contribution in [1.29, 1.82) is 0 Å². The molecule has 8 nitrogen and oxygen atoms in total. The molecule has 1 unspecified atom stereocenters. The molecule has 2 fully saturated rings. The molecule has 2 heterocycles. The number of carboxylic acid groups (broad SMARTS) is 1. The average Bonchev–Trinajstić information content (AvgIpc) is 3.03. The molecule has 3 aromatic carbocycles. The van der Waals surface area contributed by atoms with Crippen molar-refractivity contribution in [3.05, 3.63) is 113 Å². The highest BCUT2D eigenvalue weighted by molar-refractivity contribution is 5.94. The number of aromatic hydroxyl groups is 1. The third-order valence-electron chi connectivity index (χ3n) is 9.07. The fourth-order valence-corrected chi connectivity index (χ4v) is 6.61. The van der Waals surface area contributed by atoms with Crippen LogP contribution in [0.4, 0.5) is 0 Å². The lowest BCUT2D eigenvalue weighted by molar-refractivity contribution is 0.0306. The van der Waals surface area contributed by atoms with E-state index in [-0.39, 0.29) is 29.3 Å². The molecule has 2 aliphatic rings. The Bertz CT molecular complexity index is 1450. The van der Waals surface area contributed by atoms with Gasteiger partial charge in [-0.15, -0.1) is 6.58 Å². The van der Waals surface area contributed by atoms with Gasteiger partial charge in [0.1, 0.15) is 5.75 Å². The number of hydrogen-bond acceptors (Lipinski definition) is 6. The SMILES string of the molecule is C=CCN1C[C@H](C)N(C(c2cccc(O)c2)c2cccc(C(=O)N3CCC(NCc4ccc(C(=O)O)cc4)CC3)c2)C[C@H]1C. The molecule has 0 aliphatic carbocycles. The Morgan fingerprint density at radius 1 is 0.932 bits per heavy atom. The predicted molar refractivity (Wildman–Crippen MR) is 173 cm³/mol. The zero-order valence-corrected chi connectivity index (χ0v) is 25.7. The van der Waals surface area contributed by atoms with Gasteiger partial charge in [0.2, 0.25) is 0 Å². The van der Waals surface area contributed by atoms with E-state index in [1.165, 1.54) is 0 Å². The monoisotopic (exact) mass is 596 g/mol. The number of nitrogens with one attached hydrogen (secondary N) is 1. The lowest BCUT2D eigenvalue weighted by Crippen LogP contribution is -2.57. The first kappa shape index (κ1) is 31.4. The number of phenols is 1. The molecule has 1 amide bonds. The summed E-state index contributed by atoms with van der Waals surface area (Å²) in [6, 6.07) is 23.2. The third kappa shape index (κ3) is 7.38. The van der Waals surface area contributed by atoms with Crippen LogP contribution in [0.5, 0.6) is 5.75 Å². The molecule has 8 heteroatoms. The van der Waals surface area contributed by atoms with E-state index in [2.05, 4.69) is 47.7 Å². The van der Waals surface area contributed by atoms with E-state index in [0.717, 1.165) is 49.2 Å². The Balaban J connectivity index is 1.27. The van der Waals surface area contributed by atoms with Gasteiger partial charge in [0.05, 0.1) is 11.6 Å². The molecular weight excluding hydrogens is 552 g/mol. The lowest BCUT2D eigenvalue weighted by atomic mass is 9.92. The first-order valence-corrected chi connectivity index (χ1v) is 15.6. The molecule has 0 aromatic heterocycles. The smallest absolute Gasteiger partial charge is 0.335 e. The van der Waals surface area contributed by atoms with E-state index in [9.17, 15) is 14.7 Å². The molecule has 2 saturated heterocycles. The maximum Gasteiger partial charge on any atom is 0.335 e. The molecule has 3 atom stereocenters. The number of aromatic carboxylic acids is 1. The zero-order valence-electron chi connectivity index (χ0n) is 25.7. The van der Waals surface area contributed by atoms with Crippen molar-refractivity contribution in [2.24, 2.45) is 0 Å². The number of likely N-dealkylation sites (tertiary alicyclic amines) is 1. The lowest BCUT2D eigenvalue weighted by Gasteiger charge is -2.47. The number of carbonyl (C=O) groups is 2. The molecule has 3 N–H and O–H groups in total. The number of nitrogens with zero attached hydrogens (tertiary/aromatic N) is 3. The summed E-state index contributed by atoms with van der Waals surface area (Å²) in [5, 5.41) is 23.1. The van der Waals surface area contributed by atoms with Crippen molar-refractivity contribution in [3.8, 4) is 5.75 Å². The normalized spacial score (nSPS) is 20.7. The Morgan fingerprint density at radius 2 is 1.61 bits per heavy atom. The van der Waals surface area contributed by atoms with Crippen LogP contribution in [-0.4, -0.2) is 87.6 Å². The maximum absolute atomic E-state index is 13.7. The molecule has 0 spiro atoms. The minimum atomic E-state index is -0.923. The van der Waals surface area contributed by atoms with Gasteiger partial charge in [-0.3, -0.25) is 14.6 Å². The summed E-state index contributed by atoms with van der Waals surface area (Å²) < 4.78 is 0. The number of hydrogen-bond donors (Lipinski definition) is 3. The van der Waals surface area contributed by atoms with Crippen LogP contribution >= 0.6 is 0 Å². The summed E-state index contributed by atoms with van der Waals surface area (Å²) in [5.41, 5.74) is 4.06. The van der Waals surface area contributed by atoms with Crippen molar-refractivity contribution < 1.29 is 19.8 Å². The van der Waals surface area contributed by atoms with Crippen LogP contribution in [0.3, 0.4) is 0 Å². The van der Waals surface area contributed by atoms with E-state index < -0.39 is 5.97 Å². The van der Waals surface area contributed by atoms with Crippen molar-refractivity contribution >= 4 is 11.9 Å². The Hall–Kier alpha value is -3.98. The minimum Gasteiger partial charge on any atom is -0.508 e. The van der Waals surface area contributed by atoms with Gasteiger partial charge in [0, 0.05) is 63.0 Å². The van der Waals surface area contributed by atoms with Gasteiger partial charge in [-0.1, -0.05) is 42.5 Å². The second kappa shape index (κ2) is 14.2. The fourth-order valence-electron chi connectivity index (χ4n) is 6.61. The predicted octanol–water partition coefficient (Wildman–Crippen LogP) is 5.15. The number of piperazine rings is 1. The highest BCUT2D eigenvalue weighted by atomic mass is 16.4. The van der Waals surface area contributed by atoms with E-state index in [4.69, 9.17) is 5.11 Å². The Labute approximate surface area is 260 Å². The molecule has 2 aliphatic heterocycles. The average molecular weight is 597 g/mol. The Morgan fingerprint density at radius 3 is 2.27 bits per heavy atom. The van der Waals surface area contributed by atoms with Crippen LogP contribution < -0.4 is 5.32 Å². The molecule has 5 rings (SSSR count). The van der Waals surface area contributed by atoms with Gasteiger partial charge in [-0.05, 0) is 79.8 Å². The minimum absolute atomic E-state index is 0.0430. The van der Waals surface area contributed by atoms with Gasteiger partial charge in [0.25, 0.3) is 5.91 Å². The number of amides is 1. The molecule has 0 bridgehead atoms. The molecule has 44 heavy (non-hydrogen) atoms. The molecule has 232 valence electrons. The van der Waals surface area contributed by atoms with Crippen molar-refractivity contribution in [3.63, 3.8) is 0 Å². The number of carboxylic acids is 1. The standard InChI is InChI=1S/C36H44N4O4/c1-4-17-39-23-26(3)40(24-25(39)2)34(30-8-6-10-33(41)21-30)29-7-5-9-31(20-29)35(42)38-18-15-32(16-19-38)37-22-27-11-13-28(14-12-27)36(43)44/h4-14,20-21,25-26,32,34,37,41H,1,15-19,22-24H2,2-3H3,(H,43,44)/t25-,26+,34?/m1/s1. The van der Waals surface area contributed by atoms with Crippen LogP contribution in [0.25, 0.3) is 0 Å². The third-order valence-corrected chi connectivity index (χ3v) is 9.07. The van der Waals surface area contributed by atoms with E-state index in [0.29, 0.717) is 37.3 Å². The number of phenolic OH excluding ortho intramolecular Hbond substituents is 1. The van der Waals surface area contributed by atoms with Gasteiger partial charge >= 0.3 is 5.97 Å². The van der Waals surface area contributed by atoms with Crippen LogP contribution in [0.1, 0.15) is 70.1 Å². The van der Waals surface area contributed by atoms with Crippen molar-refractivity contribution in [2.45, 2.75) is 57.4 Å².